The fraction of sp³-hybridized carbons (Fsp3) is 0.938. The molecule has 0 amide bonds. The van der Waals surface area contributed by atoms with Crippen LogP contribution in [-0.2, 0) is 4.74 Å². The van der Waals surface area contributed by atoms with Crippen molar-refractivity contribution in [2.24, 2.45) is 16.6 Å². The van der Waals surface area contributed by atoms with Crippen molar-refractivity contribution in [3.8, 4) is 0 Å². The van der Waals surface area contributed by atoms with Crippen LogP contribution >= 0.6 is 0 Å². The molecule has 5 nitrogen and oxygen atoms in total. The van der Waals surface area contributed by atoms with Gasteiger partial charge in [-0.3, -0.25) is 9.89 Å². The highest BCUT2D eigenvalue weighted by atomic mass is 16.5. The lowest BCUT2D eigenvalue weighted by Gasteiger charge is -2.42. The lowest BCUT2D eigenvalue weighted by molar-refractivity contribution is 0.00512. The van der Waals surface area contributed by atoms with E-state index < -0.39 is 0 Å². The molecule has 2 unspecified atom stereocenters. The minimum Gasteiger partial charge on any atom is -0.375 e. The van der Waals surface area contributed by atoms with Gasteiger partial charge in [0.15, 0.2) is 5.96 Å². The zero-order chi connectivity index (χ0) is 15.5. The second kappa shape index (κ2) is 6.97. The minimum absolute atomic E-state index is 0.0806. The summed E-state index contributed by atoms with van der Waals surface area (Å²) in [5.74, 6) is 1.46. The average Bonchev–Trinajstić information content (AvgIpc) is 2.45. The van der Waals surface area contributed by atoms with Gasteiger partial charge in [0.1, 0.15) is 0 Å². The van der Waals surface area contributed by atoms with Crippen LogP contribution in [-0.4, -0.2) is 66.7 Å². The molecule has 0 spiro atoms. The summed E-state index contributed by atoms with van der Waals surface area (Å²) in [6.45, 7) is 14.5. The van der Waals surface area contributed by atoms with Crippen LogP contribution in [0.15, 0.2) is 4.99 Å². The molecule has 5 heteroatoms. The molecule has 0 aliphatic carbocycles. The Bertz CT molecular complexity index is 369. The smallest absolute Gasteiger partial charge is 0.191 e. The van der Waals surface area contributed by atoms with Gasteiger partial charge in [-0.2, -0.15) is 0 Å². The third kappa shape index (κ3) is 4.58. The highest BCUT2D eigenvalue weighted by Crippen LogP contribution is 2.24. The predicted octanol–water partition coefficient (Wildman–Crippen LogP) is 1.53. The molecule has 2 rings (SSSR count). The Balaban J connectivity index is 1.91. The molecule has 0 aromatic heterocycles. The second-order valence-corrected chi connectivity index (χ2v) is 7.31. The summed E-state index contributed by atoms with van der Waals surface area (Å²) in [5, 5.41) is 0. The molecule has 2 fully saturated rings. The van der Waals surface area contributed by atoms with Crippen LogP contribution < -0.4 is 5.73 Å². The monoisotopic (exact) mass is 296 g/mol. The SMILES string of the molecule is CC1CCCN(C(C)(C)CN=C(N)N2CCOC(C)C2)C1. The zero-order valence-electron chi connectivity index (χ0n) is 14.1. The number of piperidine rings is 1. The van der Waals surface area contributed by atoms with Gasteiger partial charge in [0.25, 0.3) is 0 Å². The van der Waals surface area contributed by atoms with Crippen LogP contribution in [0.4, 0.5) is 0 Å². The molecule has 2 aliphatic rings. The van der Waals surface area contributed by atoms with E-state index in [1.165, 1.54) is 25.9 Å². The van der Waals surface area contributed by atoms with Crippen LogP contribution in [0, 0.1) is 5.92 Å². The van der Waals surface area contributed by atoms with Gasteiger partial charge in [-0.1, -0.05) is 6.92 Å². The van der Waals surface area contributed by atoms with Crippen LogP contribution in [0.3, 0.4) is 0 Å². The van der Waals surface area contributed by atoms with Gasteiger partial charge < -0.3 is 15.4 Å². The van der Waals surface area contributed by atoms with E-state index in [1.54, 1.807) is 0 Å². The number of morpholine rings is 1. The first-order valence-electron chi connectivity index (χ1n) is 8.30. The van der Waals surface area contributed by atoms with Crippen LogP contribution in [0.2, 0.25) is 0 Å². The summed E-state index contributed by atoms with van der Waals surface area (Å²) in [5.41, 5.74) is 6.26. The van der Waals surface area contributed by atoms with Crippen molar-refractivity contribution in [1.29, 1.82) is 0 Å². The number of likely N-dealkylation sites (tertiary alicyclic amines) is 1. The summed E-state index contributed by atoms with van der Waals surface area (Å²) in [6, 6.07) is 0. The fourth-order valence-electron chi connectivity index (χ4n) is 3.24. The maximum atomic E-state index is 6.18. The van der Waals surface area contributed by atoms with Gasteiger partial charge in [0.05, 0.1) is 19.3 Å². The van der Waals surface area contributed by atoms with Gasteiger partial charge in [-0.25, -0.2) is 0 Å². The van der Waals surface area contributed by atoms with E-state index in [0.29, 0.717) is 5.96 Å². The number of hydrogen-bond donors (Lipinski definition) is 1. The zero-order valence-corrected chi connectivity index (χ0v) is 14.1. The quantitative estimate of drug-likeness (QED) is 0.634. The summed E-state index contributed by atoms with van der Waals surface area (Å²) in [7, 11) is 0. The highest BCUT2D eigenvalue weighted by Gasteiger charge is 2.30. The van der Waals surface area contributed by atoms with Crippen molar-refractivity contribution < 1.29 is 4.74 Å². The molecular weight excluding hydrogens is 264 g/mol. The number of aliphatic imine (C=N–C) groups is 1. The van der Waals surface area contributed by atoms with Crippen LogP contribution in [0.1, 0.15) is 40.5 Å². The van der Waals surface area contributed by atoms with E-state index in [1.807, 2.05) is 0 Å². The normalized spacial score (nSPS) is 29.7. The molecule has 0 aromatic rings. The van der Waals surface area contributed by atoms with Gasteiger partial charge in [0, 0.05) is 25.2 Å². The molecule has 0 saturated carbocycles. The average molecular weight is 296 g/mol. The standard InChI is InChI=1S/C16H32N4O/c1-13-6-5-7-20(10-13)16(3,4)12-18-15(17)19-8-9-21-14(2)11-19/h13-14H,5-12H2,1-4H3,(H2,17,18). The van der Waals surface area contributed by atoms with Crippen LogP contribution in [0.25, 0.3) is 0 Å². The topological polar surface area (TPSA) is 54.1 Å². The van der Waals surface area contributed by atoms with Crippen molar-refractivity contribution in [2.75, 3.05) is 39.3 Å². The summed E-state index contributed by atoms with van der Waals surface area (Å²) in [4.78, 5) is 9.39. The van der Waals surface area contributed by atoms with E-state index in [4.69, 9.17) is 10.5 Å². The maximum absolute atomic E-state index is 6.18. The number of nitrogens with two attached hydrogens (primary N) is 1. The molecule has 0 radical (unpaired) electrons. The number of hydrogen-bond acceptors (Lipinski definition) is 3. The molecule has 2 saturated heterocycles. The third-order valence-corrected chi connectivity index (χ3v) is 4.71. The van der Waals surface area contributed by atoms with Crippen molar-refractivity contribution in [2.45, 2.75) is 52.2 Å². The first-order chi connectivity index (χ1) is 9.88. The van der Waals surface area contributed by atoms with Gasteiger partial charge in [0.2, 0.25) is 0 Å². The minimum atomic E-state index is 0.0806. The second-order valence-electron chi connectivity index (χ2n) is 7.31. The van der Waals surface area contributed by atoms with E-state index in [2.05, 4.69) is 42.5 Å². The highest BCUT2D eigenvalue weighted by molar-refractivity contribution is 5.78. The first-order valence-corrected chi connectivity index (χ1v) is 8.30. The molecule has 2 aliphatic heterocycles. The first kappa shape index (κ1) is 16.6. The maximum Gasteiger partial charge on any atom is 0.191 e. The number of nitrogens with zero attached hydrogens (tertiary/aromatic N) is 3. The van der Waals surface area contributed by atoms with E-state index in [0.717, 1.165) is 32.2 Å². The Morgan fingerprint density at radius 3 is 2.71 bits per heavy atom. The fourth-order valence-corrected chi connectivity index (χ4v) is 3.24. The van der Waals surface area contributed by atoms with Crippen molar-refractivity contribution in [1.82, 2.24) is 9.80 Å². The number of ether oxygens (including phenoxy) is 1. The molecule has 21 heavy (non-hydrogen) atoms. The summed E-state index contributed by atoms with van der Waals surface area (Å²) >= 11 is 0. The summed E-state index contributed by atoms with van der Waals surface area (Å²) < 4.78 is 5.55. The number of guanidine groups is 1. The van der Waals surface area contributed by atoms with Gasteiger partial charge in [-0.05, 0) is 46.1 Å². The molecule has 2 atom stereocenters. The van der Waals surface area contributed by atoms with Crippen molar-refractivity contribution in [3.05, 3.63) is 0 Å². The molecule has 2 heterocycles. The molecule has 0 aromatic carbocycles. The van der Waals surface area contributed by atoms with Gasteiger partial charge >= 0.3 is 0 Å². The molecule has 2 N–H and O–H groups in total. The Labute approximate surface area is 129 Å². The predicted molar refractivity (Wildman–Crippen MR) is 87.5 cm³/mol. The lowest BCUT2D eigenvalue weighted by Crippen LogP contribution is -2.52. The Kier molecular flexibility index (Phi) is 5.49. The van der Waals surface area contributed by atoms with Gasteiger partial charge in [-0.15, -0.1) is 0 Å². The lowest BCUT2D eigenvalue weighted by atomic mass is 9.94. The largest absolute Gasteiger partial charge is 0.375 e. The van der Waals surface area contributed by atoms with E-state index in [9.17, 15) is 0 Å². The Morgan fingerprint density at radius 1 is 1.29 bits per heavy atom. The van der Waals surface area contributed by atoms with E-state index >= 15 is 0 Å². The Morgan fingerprint density at radius 2 is 2.05 bits per heavy atom. The number of rotatable bonds is 3. The molecule has 122 valence electrons. The van der Waals surface area contributed by atoms with E-state index in [-0.39, 0.29) is 11.6 Å². The summed E-state index contributed by atoms with van der Waals surface area (Å²) in [6.07, 6.45) is 2.89. The van der Waals surface area contributed by atoms with Crippen LogP contribution in [0.5, 0.6) is 0 Å². The molecular formula is C16H32N4O. The third-order valence-electron chi connectivity index (χ3n) is 4.71. The van der Waals surface area contributed by atoms with Crippen molar-refractivity contribution >= 4 is 5.96 Å². The Hall–Kier alpha value is -0.810. The molecule has 0 bridgehead atoms. The van der Waals surface area contributed by atoms with Crippen molar-refractivity contribution in [3.63, 3.8) is 0 Å².